The van der Waals surface area contributed by atoms with Crippen molar-refractivity contribution in [3.8, 4) is 11.1 Å². The molecule has 162 valence electrons. The van der Waals surface area contributed by atoms with Gasteiger partial charge in [0.05, 0.1) is 11.2 Å². The Kier molecular flexibility index (Phi) is 5.74. The second-order valence-corrected chi connectivity index (χ2v) is 8.99. The summed E-state index contributed by atoms with van der Waals surface area (Å²) in [6.07, 6.45) is 7.96. The molecule has 0 radical (unpaired) electrons. The number of fused-ring (bicyclic) bond motifs is 1. The molecule has 0 unspecified atom stereocenters. The van der Waals surface area contributed by atoms with Crippen LogP contribution in [0.1, 0.15) is 30.5 Å². The second-order valence-electron chi connectivity index (χ2n) is 8.99. The lowest BCUT2D eigenvalue weighted by Gasteiger charge is -2.34. The zero-order valence-electron chi connectivity index (χ0n) is 18.5. The van der Waals surface area contributed by atoms with Crippen LogP contribution in [-0.4, -0.2) is 76.2 Å². The van der Waals surface area contributed by atoms with Gasteiger partial charge in [-0.25, -0.2) is 0 Å². The van der Waals surface area contributed by atoms with Crippen LogP contribution in [0.2, 0.25) is 0 Å². The van der Waals surface area contributed by atoms with Gasteiger partial charge in [-0.15, -0.1) is 0 Å². The molecule has 0 bridgehead atoms. The van der Waals surface area contributed by atoms with Gasteiger partial charge in [0.2, 0.25) is 0 Å². The second kappa shape index (κ2) is 8.81. The van der Waals surface area contributed by atoms with Crippen LogP contribution >= 0.6 is 0 Å². The molecular weight excluding hydrogens is 384 g/mol. The van der Waals surface area contributed by atoms with E-state index in [1.54, 1.807) is 0 Å². The van der Waals surface area contributed by atoms with Gasteiger partial charge in [-0.1, -0.05) is 19.1 Å². The van der Waals surface area contributed by atoms with E-state index in [9.17, 15) is 0 Å². The predicted molar refractivity (Wildman–Crippen MR) is 127 cm³/mol. The van der Waals surface area contributed by atoms with Gasteiger partial charge in [0.15, 0.2) is 0 Å². The summed E-state index contributed by atoms with van der Waals surface area (Å²) >= 11 is 0. The first-order valence-corrected chi connectivity index (χ1v) is 11.4. The summed E-state index contributed by atoms with van der Waals surface area (Å²) in [6, 6.07) is 8.80. The fraction of sp³-hybridized carbons (Fsp3) is 0.440. The quantitative estimate of drug-likeness (QED) is 0.685. The Balaban J connectivity index is 1.40. The Labute approximate surface area is 184 Å². The molecule has 0 atom stereocenters. The first-order chi connectivity index (χ1) is 15.2. The summed E-state index contributed by atoms with van der Waals surface area (Å²) in [4.78, 5) is 11.8. The molecule has 1 aromatic carbocycles. The first kappa shape index (κ1) is 20.2. The van der Waals surface area contributed by atoms with Crippen LogP contribution in [0.4, 0.5) is 0 Å². The standard InChI is InChI=1S/C25H32N6/c1-19(31-12-10-29(2)11-13-31)25-23-15-21(6-7-24(23)27-28-25)22-14-20(16-26-17-22)18-30-8-4-3-5-9-30/h6-7,14-17H,1,3-5,8-13,18H2,2H3,(H,27,28). The molecule has 3 aromatic rings. The summed E-state index contributed by atoms with van der Waals surface area (Å²) in [6.45, 7) is 11.9. The van der Waals surface area contributed by atoms with Crippen molar-refractivity contribution in [2.75, 3.05) is 46.3 Å². The molecular formula is C25H32N6. The van der Waals surface area contributed by atoms with E-state index in [2.05, 4.69) is 67.8 Å². The fourth-order valence-electron chi connectivity index (χ4n) is 4.75. The number of likely N-dealkylation sites (N-methyl/N-ethyl adjacent to an activating group) is 1. The highest BCUT2D eigenvalue weighted by molar-refractivity contribution is 5.92. The number of benzene rings is 1. The highest BCUT2D eigenvalue weighted by atomic mass is 15.3. The summed E-state index contributed by atoms with van der Waals surface area (Å²) in [5.74, 6) is 0. The van der Waals surface area contributed by atoms with Gasteiger partial charge in [-0.2, -0.15) is 5.10 Å². The van der Waals surface area contributed by atoms with E-state index >= 15 is 0 Å². The molecule has 0 saturated carbocycles. The minimum absolute atomic E-state index is 0.957. The predicted octanol–water partition coefficient (Wildman–Crippen LogP) is 3.83. The largest absolute Gasteiger partial charge is 0.368 e. The monoisotopic (exact) mass is 416 g/mol. The number of aromatic amines is 1. The van der Waals surface area contributed by atoms with E-state index in [0.717, 1.165) is 60.6 Å². The van der Waals surface area contributed by atoms with Crippen LogP contribution in [-0.2, 0) is 6.54 Å². The van der Waals surface area contributed by atoms with Gasteiger partial charge in [0.1, 0.15) is 5.69 Å². The van der Waals surface area contributed by atoms with Gasteiger partial charge in [-0.3, -0.25) is 15.0 Å². The Bertz CT molecular complexity index is 1060. The van der Waals surface area contributed by atoms with Crippen molar-refractivity contribution in [3.63, 3.8) is 0 Å². The first-order valence-electron chi connectivity index (χ1n) is 11.4. The third kappa shape index (κ3) is 4.36. The van der Waals surface area contributed by atoms with Crippen LogP contribution in [0.15, 0.2) is 43.2 Å². The van der Waals surface area contributed by atoms with Gasteiger partial charge in [0, 0.05) is 56.1 Å². The van der Waals surface area contributed by atoms with E-state index in [1.807, 2.05) is 12.4 Å². The number of rotatable bonds is 5. The molecule has 5 rings (SSSR count). The fourth-order valence-corrected chi connectivity index (χ4v) is 4.75. The maximum atomic E-state index is 4.62. The molecule has 2 aliphatic rings. The van der Waals surface area contributed by atoms with Crippen LogP contribution in [0.25, 0.3) is 27.7 Å². The Hall–Kier alpha value is -2.70. The van der Waals surface area contributed by atoms with Crippen molar-refractivity contribution in [2.45, 2.75) is 25.8 Å². The third-order valence-electron chi connectivity index (χ3n) is 6.70. The zero-order valence-corrected chi connectivity index (χ0v) is 18.5. The van der Waals surface area contributed by atoms with Crippen molar-refractivity contribution >= 4 is 16.6 Å². The Morgan fingerprint density at radius 2 is 1.77 bits per heavy atom. The number of nitrogens with one attached hydrogen (secondary N) is 1. The molecule has 2 fully saturated rings. The maximum Gasteiger partial charge on any atom is 0.115 e. The number of likely N-dealkylation sites (tertiary alicyclic amines) is 1. The van der Waals surface area contributed by atoms with E-state index in [1.165, 1.54) is 43.5 Å². The van der Waals surface area contributed by atoms with E-state index in [-0.39, 0.29) is 0 Å². The number of hydrogen-bond acceptors (Lipinski definition) is 5. The minimum Gasteiger partial charge on any atom is -0.368 e. The Morgan fingerprint density at radius 3 is 2.58 bits per heavy atom. The smallest absolute Gasteiger partial charge is 0.115 e. The summed E-state index contributed by atoms with van der Waals surface area (Å²) in [7, 11) is 2.17. The van der Waals surface area contributed by atoms with Crippen LogP contribution in [0, 0.1) is 0 Å². The number of piperidine rings is 1. The molecule has 31 heavy (non-hydrogen) atoms. The maximum absolute atomic E-state index is 4.62. The van der Waals surface area contributed by atoms with Crippen molar-refractivity contribution in [2.24, 2.45) is 0 Å². The summed E-state index contributed by atoms with van der Waals surface area (Å²) in [5, 5.41) is 8.94. The van der Waals surface area contributed by atoms with E-state index in [0.29, 0.717) is 0 Å². The van der Waals surface area contributed by atoms with Crippen LogP contribution in [0.5, 0.6) is 0 Å². The van der Waals surface area contributed by atoms with Crippen molar-refractivity contribution < 1.29 is 0 Å². The van der Waals surface area contributed by atoms with Gasteiger partial charge in [-0.05, 0) is 62.3 Å². The molecule has 2 saturated heterocycles. The molecule has 6 nitrogen and oxygen atoms in total. The molecule has 2 aromatic heterocycles. The van der Waals surface area contributed by atoms with Gasteiger partial charge >= 0.3 is 0 Å². The molecule has 0 aliphatic carbocycles. The van der Waals surface area contributed by atoms with E-state index in [4.69, 9.17) is 0 Å². The van der Waals surface area contributed by atoms with Crippen molar-refractivity contribution in [1.29, 1.82) is 0 Å². The third-order valence-corrected chi connectivity index (χ3v) is 6.70. The molecule has 0 amide bonds. The zero-order chi connectivity index (χ0) is 21.2. The normalized spacial score (nSPS) is 18.5. The molecule has 0 spiro atoms. The van der Waals surface area contributed by atoms with E-state index < -0.39 is 0 Å². The minimum atomic E-state index is 0.957. The van der Waals surface area contributed by atoms with Crippen molar-refractivity contribution in [1.82, 2.24) is 29.9 Å². The average molecular weight is 417 g/mol. The van der Waals surface area contributed by atoms with Crippen LogP contribution in [0.3, 0.4) is 0 Å². The van der Waals surface area contributed by atoms with Gasteiger partial charge in [0.25, 0.3) is 0 Å². The lowest BCUT2D eigenvalue weighted by atomic mass is 10.0. The number of H-pyrrole nitrogens is 1. The average Bonchev–Trinajstić information content (AvgIpc) is 3.23. The number of nitrogens with zero attached hydrogens (tertiary/aromatic N) is 5. The SMILES string of the molecule is C=C(c1n[nH]c2ccc(-c3cncc(CN4CCCCC4)c3)cc12)N1CCN(C)CC1. The van der Waals surface area contributed by atoms with Gasteiger partial charge < -0.3 is 9.80 Å². The molecule has 2 aliphatic heterocycles. The topological polar surface area (TPSA) is 51.3 Å². The lowest BCUT2D eigenvalue weighted by Crippen LogP contribution is -2.43. The number of hydrogen-bond donors (Lipinski definition) is 1. The number of pyridine rings is 1. The molecule has 6 heteroatoms. The Morgan fingerprint density at radius 1 is 0.968 bits per heavy atom. The number of piperazine rings is 1. The summed E-state index contributed by atoms with van der Waals surface area (Å²) < 4.78 is 0. The molecule has 4 heterocycles. The molecule has 1 N–H and O–H groups in total. The number of aromatic nitrogens is 3. The summed E-state index contributed by atoms with van der Waals surface area (Å²) in [5.41, 5.74) is 6.63. The van der Waals surface area contributed by atoms with Crippen LogP contribution < -0.4 is 0 Å². The highest BCUT2D eigenvalue weighted by Gasteiger charge is 2.20. The lowest BCUT2D eigenvalue weighted by molar-refractivity contribution is 0.207. The van der Waals surface area contributed by atoms with Crippen molar-refractivity contribution in [3.05, 3.63) is 54.5 Å². The highest BCUT2D eigenvalue weighted by Crippen LogP contribution is 2.30.